The maximum Gasteiger partial charge on any atom is 0.313 e. The number of halogens is 2. The van der Waals surface area contributed by atoms with Crippen molar-refractivity contribution >= 4 is 40.7 Å². The van der Waals surface area contributed by atoms with Gasteiger partial charge < -0.3 is 10.6 Å². The summed E-state index contributed by atoms with van der Waals surface area (Å²) in [7, 11) is 0. The maximum absolute atomic E-state index is 11.6. The van der Waals surface area contributed by atoms with Crippen molar-refractivity contribution in [2.45, 2.75) is 26.3 Å². The summed E-state index contributed by atoms with van der Waals surface area (Å²) in [6.45, 7) is 3.74. The van der Waals surface area contributed by atoms with Gasteiger partial charge >= 0.3 is 11.8 Å². The second-order valence-corrected chi connectivity index (χ2v) is 4.70. The predicted molar refractivity (Wildman–Crippen MR) is 73.0 cm³/mol. The van der Waals surface area contributed by atoms with Gasteiger partial charge in [0.1, 0.15) is 0 Å². The van der Waals surface area contributed by atoms with Gasteiger partial charge in [0.15, 0.2) is 0 Å². The zero-order valence-corrected chi connectivity index (χ0v) is 11.6. The van der Waals surface area contributed by atoms with E-state index in [2.05, 4.69) is 10.6 Å². The van der Waals surface area contributed by atoms with E-state index in [1.54, 1.807) is 12.1 Å². The van der Waals surface area contributed by atoms with Crippen molar-refractivity contribution in [3.05, 3.63) is 28.2 Å². The highest BCUT2D eigenvalue weighted by Crippen LogP contribution is 2.25. The van der Waals surface area contributed by atoms with Crippen LogP contribution in [0.2, 0.25) is 10.0 Å². The van der Waals surface area contributed by atoms with Crippen LogP contribution in [0.3, 0.4) is 0 Å². The molecule has 0 saturated heterocycles. The fourth-order valence-electron chi connectivity index (χ4n) is 1.16. The Balaban J connectivity index is 2.67. The van der Waals surface area contributed by atoms with Crippen LogP contribution in [-0.2, 0) is 9.59 Å². The fraction of sp³-hybridized carbons (Fsp3) is 0.333. The van der Waals surface area contributed by atoms with Gasteiger partial charge in [0.05, 0.1) is 10.7 Å². The summed E-state index contributed by atoms with van der Waals surface area (Å²) < 4.78 is 0. The molecule has 0 spiro atoms. The van der Waals surface area contributed by atoms with Gasteiger partial charge in [-0.1, -0.05) is 30.1 Å². The molecule has 0 radical (unpaired) electrons. The molecule has 0 bridgehead atoms. The van der Waals surface area contributed by atoms with Crippen LogP contribution in [0.4, 0.5) is 5.69 Å². The largest absolute Gasteiger partial charge is 0.345 e. The van der Waals surface area contributed by atoms with E-state index in [0.29, 0.717) is 10.7 Å². The molecule has 1 aromatic rings. The molecule has 2 amide bonds. The van der Waals surface area contributed by atoms with E-state index in [1.807, 2.05) is 13.8 Å². The number of benzene rings is 1. The highest BCUT2D eigenvalue weighted by molar-refractivity contribution is 6.42. The third-order valence-corrected chi connectivity index (χ3v) is 2.92. The molecule has 6 heteroatoms. The van der Waals surface area contributed by atoms with Crippen molar-refractivity contribution in [3.8, 4) is 0 Å². The number of hydrogen-bond donors (Lipinski definition) is 2. The molecule has 2 N–H and O–H groups in total. The number of carbonyl (C=O) groups is 2. The van der Waals surface area contributed by atoms with E-state index in [4.69, 9.17) is 23.2 Å². The van der Waals surface area contributed by atoms with Crippen LogP contribution >= 0.6 is 23.2 Å². The summed E-state index contributed by atoms with van der Waals surface area (Å²) in [6.07, 6.45) is 0.751. The van der Waals surface area contributed by atoms with Gasteiger partial charge in [-0.3, -0.25) is 9.59 Å². The van der Waals surface area contributed by atoms with Gasteiger partial charge in [-0.2, -0.15) is 0 Å². The van der Waals surface area contributed by atoms with Crippen molar-refractivity contribution in [1.29, 1.82) is 0 Å². The van der Waals surface area contributed by atoms with Crippen LogP contribution < -0.4 is 10.6 Å². The van der Waals surface area contributed by atoms with Gasteiger partial charge in [0.25, 0.3) is 0 Å². The molecule has 1 rings (SSSR count). The summed E-state index contributed by atoms with van der Waals surface area (Å²) >= 11 is 11.6. The summed E-state index contributed by atoms with van der Waals surface area (Å²) in [4.78, 5) is 23.1. The number of amides is 2. The Morgan fingerprint density at radius 1 is 1.28 bits per heavy atom. The lowest BCUT2D eigenvalue weighted by atomic mass is 10.2. The molecule has 0 aliphatic rings. The van der Waals surface area contributed by atoms with Crippen molar-refractivity contribution in [3.63, 3.8) is 0 Å². The molecule has 1 aromatic carbocycles. The number of hydrogen-bond acceptors (Lipinski definition) is 2. The lowest BCUT2D eigenvalue weighted by Gasteiger charge is -2.11. The Morgan fingerprint density at radius 2 is 1.94 bits per heavy atom. The molecule has 0 aromatic heterocycles. The zero-order valence-electron chi connectivity index (χ0n) is 10.1. The lowest BCUT2D eigenvalue weighted by Crippen LogP contribution is -2.40. The molecule has 0 aliphatic heterocycles. The van der Waals surface area contributed by atoms with E-state index >= 15 is 0 Å². The van der Waals surface area contributed by atoms with Crippen LogP contribution in [0.15, 0.2) is 18.2 Å². The average Bonchev–Trinajstić information content (AvgIpc) is 2.32. The maximum atomic E-state index is 11.6. The van der Waals surface area contributed by atoms with Crippen LogP contribution in [0.1, 0.15) is 20.3 Å². The topological polar surface area (TPSA) is 58.2 Å². The Hall–Kier alpha value is -1.26. The summed E-state index contributed by atoms with van der Waals surface area (Å²) in [6, 6.07) is 4.56. The van der Waals surface area contributed by atoms with E-state index in [9.17, 15) is 9.59 Å². The first-order valence-corrected chi connectivity index (χ1v) is 6.26. The fourth-order valence-corrected chi connectivity index (χ4v) is 1.62. The monoisotopic (exact) mass is 288 g/mol. The van der Waals surface area contributed by atoms with Gasteiger partial charge in [-0.15, -0.1) is 0 Å². The normalized spacial score (nSPS) is 11.8. The Labute approximate surface area is 116 Å². The first-order valence-electron chi connectivity index (χ1n) is 5.51. The number of nitrogens with one attached hydrogen (secondary N) is 2. The third-order valence-electron chi connectivity index (χ3n) is 2.38. The summed E-state index contributed by atoms with van der Waals surface area (Å²) in [5, 5.41) is 5.73. The quantitative estimate of drug-likeness (QED) is 0.841. The van der Waals surface area contributed by atoms with Crippen molar-refractivity contribution in [2.24, 2.45) is 0 Å². The highest BCUT2D eigenvalue weighted by Gasteiger charge is 2.16. The van der Waals surface area contributed by atoms with Gasteiger partial charge in [-0.05, 0) is 31.5 Å². The van der Waals surface area contributed by atoms with Crippen molar-refractivity contribution in [2.75, 3.05) is 5.32 Å². The molecule has 1 atom stereocenters. The average molecular weight is 289 g/mol. The second-order valence-electron chi connectivity index (χ2n) is 3.86. The van der Waals surface area contributed by atoms with Crippen molar-refractivity contribution in [1.82, 2.24) is 5.32 Å². The van der Waals surface area contributed by atoms with Crippen molar-refractivity contribution < 1.29 is 9.59 Å². The van der Waals surface area contributed by atoms with Crippen LogP contribution in [-0.4, -0.2) is 17.9 Å². The summed E-state index contributed by atoms with van der Waals surface area (Å²) in [5.41, 5.74) is 0.352. The van der Waals surface area contributed by atoms with Gasteiger partial charge in [0, 0.05) is 11.1 Å². The number of anilines is 1. The van der Waals surface area contributed by atoms with E-state index in [0.717, 1.165) is 6.42 Å². The Kier molecular flexibility index (Phi) is 5.44. The highest BCUT2D eigenvalue weighted by atomic mass is 35.5. The second kappa shape index (κ2) is 6.61. The molecule has 0 heterocycles. The summed E-state index contributed by atoms with van der Waals surface area (Å²) in [5.74, 6) is -1.44. The number of carbonyl (C=O) groups excluding carboxylic acids is 2. The molecular formula is C12H14Cl2N2O2. The molecule has 4 nitrogen and oxygen atoms in total. The van der Waals surface area contributed by atoms with Crippen LogP contribution in [0.5, 0.6) is 0 Å². The molecule has 0 aliphatic carbocycles. The number of rotatable bonds is 3. The van der Waals surface area contributed by atoms with Crippen LogP contribution in [0.25, 0.3) is 0 Å². The van der Waals surface area contributed by atoms with E-state index in [1.165, 1.54) is 6.07 Å². The minimum absolute atomic E-state index is 0.0519. The SMILES string of the molecule is CC[C@@H](C)NC(=O)C(=O)Nc1ccc(Cl)cc1Cl. The molecular weight excluding hydrogens is 275 g/mol. The first kappa shape index (κ1) is 14.8. The van der Waals surface area contributed by atoms with E-state index in [-0.39, 0.29) is 11.1 Å². The Morgan fingerprint density at radius 3 is 2.50 bits per heavy atom. The zero-order chi connectivity index (χ0) is 13.7. The lowest BCUT2D eigenvalue weighted by molar-refractivity contribution is -0.136. The smallest absolute Gasteiger partial charge is 0.313 e. The predicted octanol–water partition coefficient (Wildman–Crippen LogP) is 2.85. The minimum Gasteiger partial charge on any atom is -0.345 e. The van der Waals surface area contributed by atoms with Gasteiger partial charge in [0.2, 0.25) is 0 Å². The Bertz CT molecular complexity index is 463. The van der Waals surface area contributed by atoms with Crippen LogP contribution in [0, 0.1) is 0 Å². The molecule has 0 fully saturated rings. The minimum atomic E-state index is -0.750. The molecule has 0 saturated carbocycles. The molecule has 18 heavy (non-hydrogen) atoms. The first-order chi connectivity index (χ1) is 8.43. The van der Waals surface area contributed by atoms with E-state index < -0.39 is 11.8 Å². The third kappa shape index (κ3) is 4.20. The molecule has 0 unspecified atom stereocenters. The standard InChI is InChI=1S/C12H14Cl2N2O2/c1-3-7(2)15-11(17)12(18)16-10-5-4-8(13)6-9(10)14/h4-7H,3H2,1-2H3,(H,15,17)(H,16,18)/t7-/m1/s1. The molecule has 98 valence electrons. The van der Waals surface area contributed by atoms with Gasteiger partial charge in [-0.25, -0.2) is 0 Å².